The molecule has 5 heteroatoms. The first-order chi connectivity index (χ1) is 11.1. The number of pyridine rings is 1. The summed E-state index contributed by atoms with van der Waals surface area (Å²) < 4.78 is 1.76. The number of nitrogens with zero attached hydrogens (tertiary/aromatic N) is 4. The third-order valence-corrected chi connectivity index (χ3v) is 4.59. The second-order valence-corrected chi connectivity index (χ2v) is 6.59. The normalized spacial score (nSPS) is 16.0. The first-order valence-electron chi connectivity index (χ1n) is 8.35. The molecule has 1 aliphatic rings. The fourth-order valence-electron chi connectivity index (χ4n) is 3.10. The van der Waals surface area contributed by atoms with Crippen molar-refractivity contribution in [2.45, 2.75) is 39.2 Å². The van der Waals surface area contributed by atoms with Crippen LogP contribution in [0.3, 0.4) is 0 Å². The van der Waals surface area contributed by atoms with Crippen LogP contribution in [-0.4, -0.2) is 27.6 Å². The highest BCUT2D eigenvalue weighted by Gasteiger charge is 2.20. The Hall–Kier alpha value is -2.17. The van der Waals surface area contributed by atoms with E-state index in [1.165, 1.54) is 5.69 Å². The summed E-state index contributed by atoms with van der Waals surface area (Å²) in [6.45, 7) is 6.94. The van der Waals surface area contributed by atoms with Gasteiger partial charge in [0.1, 0.15) is 0 Å². The van der Waals surface area contributed by atoms with Crippen LogP contribution in [0.15, 0.2) is 41.7 Å². The van der Waals surface area contributed by atoms with E-state index < -0.39 is 0 Å². The molecule has 0 bridgehead atoms. The molecule has 0 atom stereocenters. The lowest BCUT2D eigenvalue weighted by Crippen LogP contribution is -2.36. The minimum absolute atomic E-state index is 0.0697. The summed E-state index contributed by atoms with van der Waals surface area (Å²) in [4.78, 5) is 23.1. The summed E-state index contributed by atoms with van der Waals surface area (Å²) in [6.07, 6.45) is 7.58. The van der Waals surface area contributed by atoms with Crippen LogP contribution in [0.4, 0.5) is 5.69 Å². The molecule has 2 aromatic rings. The molecule has 1 aliphatic heterocycles. The number of piperidine rings is 1. The molecule has 0 radical (unpaired) electrons. The van der Waals surface area contributed by atoms with Crippen LogP contribution in [0.5, 0.6) is 0 Å². The van der Waals surface area contributed by atoms with Crippen LogP contribution >= 0.6 is 0 Å². The molecule has 0 aromatic carbocycles. The maximum atomic E-state index is 12.2. The zero-order valence-electron chi connectivity index (χ0n) is 13.9. The van der Waals surface area contributed by atoms with Crippen LogP contribution in [0.25, 0.3) is 0 Å². The highest BCUT2D eigenvalue weighted by atomic mass is 16.1. The average Bonchev–Trinajstić information content (AvgIpc) is 2.58. The molecule has 0 amide bonds. The van der Waals surface area contributed by atoms with Gasteiger partial charge in [0.2, 0.25) is 0 Å². The van der Waals surface area contributed by atoms with E-state index in [1.807, 2.05) is 12.4 Å². The molecule has 23 heavy (non-hydrogen) atoms. The minimum atomic E-state index is 0.0697. The Kier molecular flexibility index (Phi) is 4.74. The van der Waals surface area contributed by atoms with Crippen molar-refractivity contribution in [1.29, 1.82) is 0 Å². The van der Waals surface area contributed by atoms with E-state index in [1.54, 1.807) is 17.0 Å². The molecular weight excluding hydrogens is 288 g/mol. The van der Waals surface area contributed by atoms with E-state index in [2.05, 4.69) is 40.8 Å². The summed E-state index contributed by atoms with van der Waals surface area (Å²) in [5.41, 5.74) is 2.18. The van der Waals surface area contributed by atoms with E-state index >= 15 is 0 Å². The lowest BCUT2D eigenvalue weighted by atomic mass is 9.96. The SMILES string of the molecule is CC(C)c1cc(=O)n(CC2CCN(c3ccncc3)CC2)cn1. The number of anilines is 1. The van der Waals surface area contributed by atoms with Gasteiger partial charge in [0, 0.05) is 43.8 Å². The second kappa shape index (κ2) is 6.94. The maximum absolute atomic E-state index is 12.2. The van der Waals surface area contributed by atoms with Crippen molar-refractivity contribution in [3.05, 3.63) is 53.0 Å². The molecule has 0 N–H and O–H groups in total. The molecule has 1 fully saturated rings. The second-order valence-electron chi connectivity index (χ2n) is 6.59. The van der Waals surface area contributed by atoms with E-state index in [-0.39, 0.29) is 5.56 Å². The van der Waals surface area contributed by atoms with Crippen molar-refractivity contribution in [1.82, 2.24) is 14.5 Å². The van der Waals surface area contributed by atoms with E-state index in [0.29, 0.717) is 11.8 Å². The molecule has 3 rings (SSSR count). The number of hydrogen-bond acceptors (Lipinski definition) is 4. The van der Waals surface area contributed by atoms with Crippen molar-refractivity contribution < 1.29 is 0 Å². The van der Waals surface area contributed by atoms with Gasteiger partial charge in [-0.05, 0) is 36.8 Å². The molecule has 5 nitrogen and oxygen atoms in total. The Labute approximate surface area is 137 Å². The maximum Gasteiger partial charge on any atom is 0.253 e. The lowest BCUT2D eigenvalue weighted by Gasteiger charge is -2.33. The van der Waals surface area contributed by atoms with Gasteiger partial charge in [-0.1, -0.05) is 13.8 Å². The van der Waals surface area contributed by atoms with Gasteiger partial charge in [-0.3, -0.25) is 14.3 Å². The van der Waals surface area contributed by atoms with Crippen LogP contribution in [-0.2, 0) is 6.54 Å². The monoisotopic (exact) mass is 312 g/mol. The Morgan fingerprint density at radius 3 is 2.52 bits per heavy atom. The lowest BCUT2D eigenvalue weighted by molar-refractivity contribution is 0.350. The third kappa shape index (κ3) is 3.78. The van der Waals surface area contributed by atoms with Crippen molar-refractivity contribution in [3.63, 3.8) is 0 Å². The van der Waals surface area contributed by atoms with Crippen LogP contribution in [0.2, 0.25) is 0 Å². The first kappa shape index (κ1) is 15.7. The zero-order chi connectivity index (χ0) is 16.2. The first-order valence-corrected chi connectivity index (χ1v) is 8.35. The number of aromatic nitrogens is 3. The predicted molar refractivity (Wildman–Crippen MR) is 91.8 cm³/mol. The largest absolute Gasteiger partial charge is 0.371 e. The average molecular weight is 312 g/mol. The summed E-state index contributed by atoms with van der Waals surface area (Å²) in [7, 11) is 0. The molecule has 122 valence electrons. The summed E-state index contributed by atoms with van der Waals surface area (Å²) in [6, 6.07) is 5.79. The molecule has 0 saturated carbocycles. The fraction of sp³-hybridized carbons (Fsp3) is 0.500. The Bertz CT molecular complexity index is 688. The van der Waals surface area contributed by atoms with Crippen LogP contribution in [0, 0.1) is 5.92 Å². The molecule has 0 spiro atoms. The Balaban J connectivity index is 1.60. The van der Waals surface area contributed by atoms with Crippen LogP contribution in [0.1, 0.15) is 38.3 Å². The molecule has 0 unspecified atom stereocenters. The van der Waals surface area contributed by atoms with Gasteiger partial charge >= 0.3 is 0 Å². The molecule has 0 aliphatic carbocycles. The molecule has 2 aromatic heterocycles. The van der Waals surface area contributed by atoms with Crippen molar-refractivity contribution >= 4 is 5.69 Å². The predicted octanol–water partition coefficient (Wildman–Crippen LogP) is 2.68. The number of hydrogen-bond donors (Lipinski definition) is 0. The molecule has 3 heterocycles. The van der Waals surface area contributed by atoms with Crippen LogP contribution < -0.4 is 10.5 Å². The van der Waals surface area contributed by atoms with E-state index in [9.17, 15) is 4.79 Å². The van der Waals surface area contributed by atoms with Gasteiger partial charge in [-0.25, -0.2) is 4.98 Å². The molecular formula is C18H24N4O. The van der Waals surface area contributed by atoms with Crippen molar-refractivity contribution in [2.75, 3.05) is 18.0 Å². The topological polar surface area (TPSA) is 51.0 Å². The summed E-state index contributed by atoms with van der Waals surface area (Å²) in [5.74, 6) is 0.832. The van der Waals surface area contributed by atoms with E-state index in [4.69, 9.17) is 0 Å². The Morgan fingerprint density at radius 2 is 1.91 bits per heavy atom. The van der Waals surface area contributed by atoms with Gasteiger partial charge in [-0.2, -0.15) is 0 Å². The summed E-state index contributed by atoms with van der Waals surface area (Å²) in [5, 5.41) is 0. The van der Waals surface area contributed by atoms with Crippen molar-refractivity contribution in [2.24, 2.45) is 5.92 Å². The van der Waals surface area contributed by atoms with Gasteiger partial charge < -0.3 is 4.90 Å². The standard InChI is InChI=1S/C18H24N4O/c1-14(2)17-11-18(23)22(13-20-17)12-15-5-9-21(10-6-15)16-3-7-19-8-4-16/h3-4,7-8,11,13-15H,5-6,9-10,12H2,1-2H3. The number of rotatable bonds is 4. The van der Waals surface area contributed by atoms with E-state index in [0.717, 1.165) is 38.2 Å². The zero-order valence-corrected chi connectivity index (χ0v) is 13.9. The van der Waals surface area contributed by atoms with Gasteiger partial charge in [0.25, 0.3) is 5.56 Å². The smallest absolute Gasteiger partial charge is 0.253 e. The fourth-order valence-corrected chi connectivity index (χ4v) is 3.10. The van der Waals surface area contributed by atoms with Crippen molar-refractivity contribution in [3.8, 4) is 0 Å². The quantitative estimate of drug-likeness (QED) is 0.871. The van der Waals surface area contributed by atoms with Gasteiger partial charge in [-0.15, -0.1) is 0 Å². The van der Waals surface area contributed by atoms with Gasteiger partial charge in [0.15, 0.2) is 0 Å². The highest BCUT2D eigenvalue weighted by Crippen LogP contribution is 2.23. The third-order valence-electron chi connectivity index (χ3n) is 4.59. The minimum Gasteiger partial charge on any atom is -0.371 e. The molecule has 1 saturated heterocycles. The highest BCUT2D eigenvalue weighted by molar-refractivity contribution is 5.44. The van der Waals surface area contributed by atoms with Gasteiger partial charge in [0.05, 0.1) is 12.0 Å². The Morgan fingerprint density at radius 1 is 1.22 bits per heavy atom. The summed E-state index contributed by atoms with van der Waals surface area (Å²) >= 11 is 0.